The second-order valence-corrected chi connectivity index (χ2v) is 9.93. The molecule has 1 aliphatic rings. The van der Waals surface area contributed by atoms with Gasteiger partial charge in [0.1, 0.15) is 11.8 Å². The van der Waals surface area contributed by atoms with Crippen LogP contribution in [0.15, 0.2) is 36.4 Å². The molecule has 13 heteroatoms. The van der Waals surface area contributed by atoms with Gasteiger partial charge in [-0.25, -0.2) is 4.79 Å². The number of carbonyl (C=O) groups excluding carboxylic acids is 2. The molecule has 2 amide bonds. The molecule has 41 heavy (non-hydrogen) atoms. The summed E-state index contributed by atoms with van der Waals surface area (Å²) in [6.07, 6.45) is -4.45. The van der Waals surface area contributed by atoms with Gasteiger partial charge < -0.3 is 25.5 Å². The summed E-state index contributed by atoms with van der Waals surface area (Å²) in [4.78, 5) is 50.2. The molecule has 0 radical (unpaired) electrons. The number of likely N-dealkylation sites (N-methyl/N-ethyl adjacent to an activating group) is 1. The highest BCUT2D eigenvalue weighted by molar-refractivity contribution is 5.91. The predicted molar refractivity (Wildman–Crippen MR) is 142 cm³/mol. The van der Waals surface area contributed by atoms with Crippen LogP contribution in [-0.4, -0.2) is 87.8 Å². The molecule has 0 aliphatic carbocycles. The van der Waals surface area contributed by atoms with E-state index in [-0.39, 0.29) is 30.5 Å². The highest BCUT2D eigenvalue weighted by Crippen LogP contribution is 2.27. The van der Waals surface area contributed by atoms with Crippen molar-refractivity contribution in [2.75, 3.05) is 20.6 Å². The number of aromatic hydroxyl groups is 1. The molecule has 224 valence electrons. The number of rotatable bonds is 8. The highest BCUT2D eigenvalue weighted by atomic mass is 19.4. The van der Waals surface area contributed by atoms with Crippen molar-refractivity contribution in [1.29, 1.82) is 0 Å². The number of phenols is 1. The van der Waals surface area contributed by atoms with Crippen molar-refractivity contribution in [3.8, 4) is 5.75 Å². The van der Waals surface area contributed by atoms with Crippen LogP contribution in [0.1, 0.15) is 34.2 Å². The summed E-state index contributed by atoms with van der Waals surface area (Å²) in [5.74, 6) is -4.07. The summed E-state index contributed by atoms with van der Waals surface area (Å²) < 4.78 is 31.7. The number of hydrogen-bond acceptors (Lipinski definition) is 6. The average molecular weight is 582 g/mol. The van der Waals surface area contributed by atoms with Crippen molar-refractivity contribution in [2.45, 2.75) is 57.9 Å². The van der Waals surface area contributed by atoms with Crippen molar-refractivity contribution >= 4 is 23.8 Å². The Kier molecular flexibility index (Phi) is 11.3. The van der Waals surface area contributed by atoms with Crippen molar-refractivity contribution in [1.82, 2.24) is 15.1 Å². The molecule has 4 N–H and O–H groups in total. The third-order valence-electron chi connectivity index (χ3n) is 6.70. The van der Waals surface area contributed by atoms with Crippen LogP contribution in [0.2, 0.25) is 0 Å². The number of alkyl halides is 3. The summed E-state index contributed by atoms with van der Waals surface area (Å²) in [5, 5.41) is 28.6. The molecule has 0 spiro atoms. The lowest BCUT2D eigenvalue weighted by Gasteiger charge is -2.39. The van der Waals surface area contributed by atoms with Gasteiger partial charge >= 0.3 is 18.1 Å². The van der Waals surface area contributed by atoms with Gasteiger partial charge in [-0.2, -0.15) is 13.2 Å². The van der Waals surface area contributed by atoms with E-state index < -0.39 is 30.2 Å². The molecule has 3 rings (SSSR count). The number of aryl methyl sites for hydroxylation is 2. The van der Waals surface area contributed by atoms with Gasteiger partial charge in [0.15, 0.2) is 0 Å². The Morgan fingerprint density at radius 2 is 1.59 bits per heavy atom. The lowest BCUT2D eigenvalue weighted by molar-refractivity contribution is -0.192. The first kappa shape index (κ1) is 33.1. The topological polar surface area (TPSA) is 147 Å². The molecular weight excluding hydrogens is 547 g/mol. The number of carboxylic acid groups (broad SMARTS) is 2. The molecule has 0 aromatic heterocycles. The maximum absolute atomic E-state index is 13.9. The van der Waals surface area contributed by atoms with Gasteiger partial charge in [0.25, 0.3) is 0 Å². The number of nitrogens with one attached hydrogen (secondary N) is 1. The van der Waals surface area contributed by atoms with Crippen molar-refractivity contribution in [2.24, 2.45) is 0 Å². The number of halogens is 3. The van der Waals surface area contributed by atoms with Gasteiger partial charge in [-0.3, -0.25) is 19.3 Å². The standard InChI is InChI=1S/C26H33N3O5.C2HF3O2/c1-16-11-20(30)12-17(2)21(16)14-23(28(3)4)26(34)29-15-19-8-6-5-7-18(19)13-22(29)25(33)27-10-9-24(31)32;3-2(4,5)1(6)7/h5-8,11-12,22-23,30H,9-10,13-15H2,1-4H3,(H,27,33)(H,31,32);(H,6,7)/t22-,23-;/m0./s1. The van der Waals surface area contributed by atoms with E-state index in [1.165, 1.54) is 0 Å². The predicted octanol–water partition coefficient (Wildman–Crippen LogP) is 2.66. The van der Waals surface area contributed by atoms with E-state index in [0.29, 0.717) is 19.4 Å². The molecule has 1 heterocycles. The zero-order chi connectivity index (χ0) is 31.1. The summed E-state index contributed by atoms with van der Waals surface area (Å²) >= 11 is 0. The molecule has 0 saturated heterocycles. The summed E-state index contributed by atoms with van der Waals surface area (Å²) in [5.41, 5.74) is 4.81. The van der Waals surface area contributed by atoms with Crippen LogP contribution in [0, 0.1) is 13.8 Å². The zero-order valence-electron chi connectivity index (χ0n) is 23.2. The molecule has 2 aromatic rings. The van der Waals surface area contributed by atoms with Crippen LogP contribution in [-0.2, 0) is 38.6 Å². The average Bonchev–Trinajstić information content (AvgIpc) is 2.86. The fourth-order valence-corrected chi connectivity index (χ4v) is 4.57. The Labute approximate surface area is 235 Å². The number of hydrogen-bond donors (Lipinski definition) is 4. The number of aliphatic carboxylic acids is 2. The first-order valence-electron chi connectivity index (χ1n) is 12.6. The molecule has 0 saturated carbocycles. The van der Waals surface area contributed by atoms with Crippen molar-refractivity contribution in [3.63, 3.8) is 0 Å². The molecule has 0 unspecified atom stereocenters. The second-order valence-electron chi connectivity index (χ2n) is 9.93. The first-order chi connectivity index (χ1) is 19.0. The Balaban J connectivity index is 0.000000745. The first-order valence-corrected chi connectivity index (χ1v) is 12.6. The lowest BCUT2D eigenvalue weighted by Crippen LogP contribution is -2.57. The van der Waals surface area contributed by atoms with E-state index in [2.05, 4.69) is 5.32 Å². The SMILES string of the molecule is Cc1cc(O)cc(C)c1C[C@@H](C(=O)N1Cc2ccccc2C[C@H]1C(=O)NCCC(=O)O)N(C)C.O=C(O)C(F)(F)F. The lowest BCUT2D eigenvalue weighted by atomic mass is 9.91. The number of carboxylic acids is 2. The van der Waals surface area contributed by atoms with Gasteiger partial charge in [-0.05, 0) is 74.3 Å². The Morgan fingerprint density at radius 1 is 1.05 bits per heavy atom. The molecule has 0 bridgehead atoms. The van der Waals surface area contributed by atoms with Gasteiger partial charge in [-0.1, -0.05) is 24.3 Å². The van der Waals surface area contributed by atoms with Gasteiger partial charge in [-0.15, -0.1) is 0 Å². The Hall–Kier alpha value is -4.13. The largest absolute Gasteiger partial charge is 0.508 e. The van der Waals surface area contributed by atoms with Crippen LogP contribution in [0.25, 0.3) is 0 Å². The Morgan fingerprint density at radius 3 is 2.07 bits per heavy atom. The molecular formula is C28H34F3N3O7. The molecule has 2 aromatic carbocycles. The van der Waals surface area contributed by atoms with Gasteiger partial charge in [0.2, 0.25) is 11.8 Å². The minimum atomic E-state index is -5.08. The van der Waals surface area contributed by atoms with E-state index >= 15 is 0 Å². The van der Waals surface area contributed by atoms with Crippen molar-refractivity contribution in [3.05, 3.63) is 64.2 Å². The molecule has 1 aliphatic heterocycles. The van der Waals surface area contributed by atoms with Crippen LogP contribution < -0.4 is 5.32 Å². The molecule has 10 nitrogen and oxygen atoms in total. The second kappa shape index (κ2) is 14.0. The number of benzene rings is 2. The normalized spacial score (nSPS) is 15.3. The molecule has 2 atom stereocenters. The highest BCUT2D eigenvalue weighted by Gasteiger charge is 2.39. The maximum Gasteiger partial charge on any atom is 0.490 e. The van der Waals surface area contributed by atoms with E-state index in [1.807, 2.05) is 57.1 Å². The van der Waals surface area contributed by atoms with E-state index in [0.717, 1.165) is 27.8 Å². The van der Waals surface area contributed by atoms with Crippen LogP contribution >= 0.6 is 0 Å². The fourth-order valence-electron chi connectivity index (χ4n) is 4.57. The van der Waals surface area contributed by atoms with Crippen molar-refractivity contribution < 1.29 is 47.7 Å². The van der Waals surface area contributed by atoms with Gasteiger partial charge in [0.05, 0.1) is 12.5 Å². The maximum atomic E-state index is 13.9. The zero-order valence-corrected chi connectivity index (χ0v) is 23.2. The number of fused-ring (bicyclic) bond motifs is 1. The number of phenolic OH excluding ortho intramolecular Hbond substituents is 1. The summed E-state index contributed by atoms with van der Waals surface area (Å²) in [7, 11) is 3.68. The monoisotopic (exact) mass is 581 g/mol. The van der Waals surface area contributed by atoms with E-state index in [1.54, 1.807) is 17.0 Å². The third kappa shape index (κ3) is 9.20. The molecule has 0 fully saturated rings. The summed E-state index contributed by atoms with van der Waals surface area (Å²) in [6.45, 7) is 4.14. The van der Waals surface area contributed by atoms with E-state index in [4.69, 9.17) is 15.0 Å². The van der Waals surface area contributed by atoms with Crippen LogP contribution in [0.3, 0.4) is 0 Å². The number of amides is 2. The summed E-state index contributed by atoms with van der Waals surface area (Å²) in [6, 6.07) is 9.90. The van der Waals surface area contributed by atoms with Crippen LogP contribution in [0.5, 0.6) is 5.75 Å². The number of nitrogens with zero attached hydrogens (tertiary/aromatic N) is 2. The van der Waals surface area contributed by atoms with Gasteiger partial charge in [0, 0.05) is 19.5 Å². The number of carbonyl (C=O) groups is 4. The third-order valence-corrected chi connectivity index (χ3v) is 6.70. The fraction of sp³-hybridized carbons (Fsp3) is 0.429. The van der Waals surface area contributed by atoms with Crippen LogP contribution in [0.4, 0.5) is 13.2 Å². The van der Waals surface area contributed by atoms with E-state index in [9.17, 15) is 32.7 Å². The quantitative estimate of drug-likeness (QED) is 0.372. The Bertz CT molecular complexity index is 1260. The minimum Gasteiger partial charge on any atom is -0.508 e. The minimum absolute atomic E-state index is 0.0113. The smallest absolute Gasteiger partial charge is 0.490 e.